The molecule has 0 aromatic carbocycles. The number of hydrogen-bond acceptors (Lipinski definition) is 15. The Bertz CT molecular complexity index is 1890. The highest BCUT2D eigenvalue weighted by atomic mass is 31.2. The van der Waals surface area contributed by atoms with Crippen molar-refractivity contribution in [1.82, 2.24) is 0 Å². The summed E-state index contributed by atoms with van der Waals surface area (Å²) in [4.78, 5) is 72.9. The van der Waals surface area contributed by atoms with Gasteiger partial charge in [-0.15, -0.1) is 0 Å². The van der Waals surface area contributed by atoms with Gasteiger partial charge in [-0.25, -0.2) is 9.13 Å². The number of carbonyl (C=O) groups is 4. The summed E-state index contributed by atoms with van der Waals surface area (Å²) in [5.41, 5.74) is 0. The third-order valence-corrected chi connectivity index (χ3v) is 20.4. The van der Waals surface area contributed by atoms with Crippen molar-refractivity contribution in [2.45, 2.75) is 432 Å². The zero-order chi connectivity index (χ0) is 72.1. The molecule has 0 saturated carbocycles. The fourth-order valence-corrected chi connectivity index (χ4v) is 13.8. The first-order valence-electron chi connectivity index (χ1n) is 41.0. The van der Waals surface area contributed by atoms with Crippen LogP contribution in [-0.4, -0.2) is 96.7 Å². The second kappa shape index (κ2) is 70.7. The highest BCUT2D eigenvalue weighted by Crippen LogP contribution is 2.45. The molecule has 0 aromatic heterocycles. The van der Waals surface area contributed by atoms with Crippen molar-refractivity contribution in [2.75, 3.05) is 39.6 Å². The highest BCUT2D eigenvalue weighted by molar-refractivity contribution is 7.47. The van der Waals surface area contributed by atoms with Gasteiger partial charge in [0, 0.05) is 25.7 Å². The number of aliphatic hydroxyl groups excluding tert-OH is 1. The maximum absolute atomic E-state index is 13.1. The Morgan fingerprint density at radius 1 is 0.276 bits per heavy atom. The Morgan fingerprint density at radius 3 is 0.694 bits per heavy atom. The van der Waals surface area contributed by atoms with Crippen molar-refractivity contribution < 1.29 is 80.2 Å². The lowest BCUT2D eigenvalue weighted by atomic mass is 10.0. The summed E-state index contributed by atoms with van der Waals surface area (Å²) < 4.78 is 68.6. The third kappa shape index (κ3) is 72.4. The number of ether oxygens (including phenoxy) is 4. The quantitative estimate of drug-likeness (QED) is 0.0222. The second-order valence-electron chi connectivity index (χ2n) is 29.4. The average molecular weight is 1440 g/mol. The topological polar surface area (TPSA) is 237 Å². The number of phosphoric ester groups is 2. The first-order valence-corrected chi connectivity index (χ1v) is 44.0. The van der Waals surface area contributed by atoms with E-state index >= 15 is 0 Å². The average Bonchev–Trinajstić information content (AvgIpc) is 0.954. The maximum Gasteiger partial charge on any atom is 0.472 e. The van der Waals surface area contributed by atoms with Gasteiger partial charge in [-0.2, -0.15) is 0 Å². The minimum absolute atomic E-state index is 0.106. The smallest absolute Gasteiger partial charge is 0.462 e. The maximum atomic E-state index is 13.1. The molecule has 0 amide bonds. The molecule has 19 heteroatoms. The van der Waals surface area contributed by atoms with E-state index in [1.54, 1.807) is 0 Å². The van der Waals surface area contributed by atoms with E-state index in [-0.39, 0.29) is 25.7 Å². The molecule has 0 radical (unpaired) electrons. The van der Waals surface area contributed by atoms with Crippen LogP contribution in [0.25, 0.3) is 0 Å². The Morgan fingerprint density at radius 2 is 0.469 bits per heavy atom. The summed E-state index contributed by atoms with van der Waals surface area (Å²) in [6, 6.07) is 0. The first kappa shape index (κ1) is 96.1. The van der Waals surface area contributed by atoms with E-state index in [0.29, 0.717) is 31.6 Å². The molecule has 17 nitrogen and oxygen atoms in total. The number of hydrogen-bond donors (Lipinski definition) is 3. The van der Waals surface area contributed by atoms with E-state index in [1.807, 2.05) is 0 Å². The second-order valence-corrected chi connectivity index (χ2v) is 32.3. The zero-order valence-electron chi connectivity index (χ0n) is 64.1. The van der Waals surface area contributed by atoms with Crippen LogP contribution in [0.3, 0.4) is 0 Å². The Labute approximate surface area is 600 Å². The molecular formula is C79H154O17P2. The molecule has 0 saturated heterocycles. The predicted octanol–water partition coefficient (Wildman–Crippen LogP) is 23.5. The van der Waals surface area contributed by atoms with Crippen molar-refractivity contribution in [2.24, 2.45) is 11.8 Å². The van der Waals surface area contributed by atoms with Crippen LogP contribution in [-0.2, 0) is 65.4 Å². The predicted molar refractivity (Wildman–Crippen MR) is 400 cm³/mol. The molecule has 0 aliphatic heterocycles. The van der Waals surface area contributed by atoms with Gasteiger partial charge in [-0.05, 0) is 37.5 Å². The van der Waals surface area contributed by atoms with Crippen LogP contribution < -0.4 is 0 Å². The highest BCUT2D eigenvalue weighted by Gasteiger charge is 2.30. The van der Waals surface area contributed by atoms with Gasteiger partial charge in [-0.1, -0.05) is 363 Å². The number of aliphatic hydroxyl groups is 1. The Hall–Kier alpha value is -1.94. The van der Waals surface area contributed by atoms with Crippen LogP contribution in [0, 0.1) is 11.8 Å². The van der Waals surface area contributed by atoms with Gasteiger partial charge < -0.3 is 33.8 Å². The SMILES string of the molecule is CCCCCCCCCCCCCCCCCCCCC(=O)OC[C@H](COP(=O)(O)OC[C@@H](O)COP(=O)(O)OC[C@@H](COC(=O)CCCCCCCCC(C)C)OC(=O)CCCCCCCCCCCCCC)OC(=O)CCCCCCCCCCCCCCCCCCC(C)C. The molecule has 0 rings (SSSR count). The fraction of sp³-hybridized carbons (Fsp3) is 0.949. The van der Waals surface area contributed by atoms with Crippen LogP contribution >= 0.6 is 15.6 Å². The van der Waals surface area contributed by atoms with E-state index in [9.17, 15) is 43.2 Å². The first-order chi connectivity index (χ1) is 47.4. The standard InChI is InChI=1S/C79H154O17P2/c1-7-9-11-13-15-17-19-21-22-23-24-28-31-35-38-42-49-55-61-76(81)89-67-74(95-79(84)64-58-52-44-40-36-32-29-26-25-27-30-33-37-41-47-53-59-71(3)4)69-93-97(85,86)91-65-73(80)66-92-98(87,88)94-70-75(68-90-77(82)62-56-50-46-45-48-54-60-72(5)6)96-78(83)63-57-51-43-39-34-20-18-16-14-12-10-8-2/h71-75,80H,7-70H2,1-6H3,(H,85,86)(H,87,88)/t73-,74-,75-/m1/s1. The minimum Gasteiger partial charge on any atom is -0.462 e. The zero-order valence-corrected chi connectivity index (χ0v) is 65.9. The van der Waals surface area contributed by atoms with E-state index in [1.165, 1.54) is 225 Å². The molecule has 0 fully saturated rings. The lowest BCUT2D eigenvalue weighted by Crippen LogP contribution is -2.30. The van der Waals surface area contributed by atoms with Crippen molar-refractivity contribution in [1.29, 1.82) is 0 Å². The lowest BCUT2D eigenvalue weighted by Gasteiger charge is -2.21. The van der Waals surface area contributed by atoms with Crippen LogP contribution in [0.2, 0.25) is 0 Å². The van der Waals surface area contributed by atoms with Crippen LogP contribution in [0.15, 0.2) is 0 Å². The van der Waals surface area contributed by atoms with Gasteiger partial charge in [0.25, 0.3) is 0 Å². The number of phosphoric acid groups is 2. The van der Waals surface area contributed by atoms with Gasteiger partial charge in [0.15, 0.2) is 12.2 Å². The number of carbonyl (C=O) groups excluding carboxylic acids is 4. The normalized spacial score (nSPS) is 13.9. The molecule has 2 unspecified atom stereocenters. The van der Waals surface area contributed by atoms with Crippen molar-refractivity contribution in [3.8, 4) is 0 Å². The summed E-state index contributed by atoms with van der Waals surface area (Å²) in [7, 11) is -9.91. The number of rotatable bonds is 78. The number of esters is 4. The minimum atomic E-state index is -4.96. The summed E-state index contributed by atoms with van der Waals surface area (Å²) in [5.74, 6) is -0.624. The summed E-state index contributed by atoms with van der Waals surface area (Å²) in [6.07, 6.45) is 59.8. The molecule has 0 aromatic rings. The molecule has 3 N–H and O–H groups in total. The van der Waals surface area contributed by atoms with E-state index in [2.05, 4.69) is 41.5 Å². The van der Waals surface area contributed by atoms with Crippen molar-refractivity contribution >= 4 is 39.5 Å². The monoisotopic (exact) mass is 1440 g/mol. The molecular weight excluding hydrogens is 1280 g/mol. The van der Waals surface area contributed by atoms with Crippen LogP contribution in [0.4, 0.5) is 0 Å². The summed E-state index contributed by atoms with van der Waals surface area (Å²) in [5, 5.41) is 10.6. The third-order valence-electron chi connectivity index (χ3n) is 18.5. The van der Waals surface area contributed by atoms with Gasteiger partial charge in [0.1, 0.15) is 19.3 Å². The van der Waals surface area contributed by atoms with Crippen LogP contribution in [0.1, 0.15) is 414 Å². The summed E-state index contributed by atoms with van der Waals surface area (Å²) >= 11 is 0. The molecule has 98 heavy (non-hydrogen) atoms. The van der Waals surface area contributed by atoms with Crippen molar-refractivity contribution in [3.63, 3.8) is 0 Å². The fourth-order valence-electron chi connectivity index (χ4n) is 12.2. The van der Waals surface area contributed by atoms with Gasteiger partial charge in [0.05, 0.1) is 26.4 Å². The van der Waals surface area contributed by atoms with Gasteiger partial charge >= 0.3 is 39.5 Å². The number of unbranched alkanes of at least 4 members (excludes halogenated alkanes) is 48. The van der Waals surface area contributed by atoms with E-state index in [0.717, 1.165) is 102 Å². The lowest BCUT2D eigenvalue weighted by molar-refractivity contribution is -0.161. The Balaban J connectivity index is 5.21. The van der Waals surface area contributed by atoms with E-state index in [4.69, 9.17) is 37.0 Å². The van der Waals surface area contributed by atoms with E-state index < -0.39 is 97.5 Å². The summed E-state index contributed by atoms with van der Waals surface area (Å²) in [6.45, 7) is 9.57. The Kier molecular flexibility index (Phi) is 69.3. The molecule has 582 valence electrons. The van der Waals surface area contributed by atoms with Gasteiger partial charge in [0.2, 0.25) is 0 Å². The van der Waals surface area contributed by atoms with Crippen LogP contribution in [0.5, 0.6) is 0 Å². The largest absolute Gasteiger partial charge is 0.472 e. The van der Waals surface area contributed by atoms with Gasteiger partial charge in [-0.3, -0.25) is 37.3 Å². The molecule has 0 aliphatic rings. The van der Waals surface area contributed by atoms with Crippen molar-refractivity contribution in [3.05, 3.63) is 0 Å². The molecule has 5 atom stereocenters. The molecule has 0 heterocycles. The molecule has 0 bridgehead atoms. The molecule has 0 aliphatic carbocycles. The molecule has 0 spiro atoms.